The molecule has 0 radical (unpaired) electrons. The fraction of sp³-hybridized carbons (Fsp3) is 0.800. The Morgan fingerprint density at radius 1 is 1.64 bits per heavy atom. The zero-order chi connectivity index (χ0) is 9.99. The Kier molecular flexibility index (Phi) is 2.32. The predicted molar refractivity (Wildman–Crippen MR) is 38.4 cm³/mol. The van der Waals surface area contributed by atoms with Crippen molar-refractivity contribution in [3.63, 3.8) is 0 Å². The second-order valence-corrected chi connectivity index (χ2v) is 5.20. The molecule has 66 valence electrons. The van der Waals surface area contributed by atoms with Gasteiger partial charge in [-0.25, -0.2) is 0 Å². The van der Waals surface area contributed by atoms with Crippen LogP contribution in [0.25, 0.3) is 1.43 Å². The first-order chi connectivity index (χ1) is 5.20. The molecule has 3 N–H and O–H groups in total. The molecule has 0 heterocycles. The van der Waals surface area contributed by atoms with Crippen LogP contribution in [0.15, 0.2) is 0 Å². The zero-order valence-corrected chi connectivity index (χ0v) is 7.17. The van der Waals surface area contributed by atoms with E-state index in [-0.39, 0.29) is 0 Å². The number of rotatable bonds is 3. The second kappa shape index (κ2) is 2.93. The van der Waals surface area contributed by atoms with Crippen LogP contribution >= 0.6 is 7.60 Å². The number of hydrogen-bond acceptors (Lipinski definition) is 3. The van der Waals surface area contributed by atoms with Crippen molar-refractivity contribution in [2.24, 2.45) is 0 Å². The highest BCUT2D eigenvalue weighted by Gasteiger charge is 2.39. The molecule has 0 aliphatic heterocycles. The van der Waals surface area contributed by atoms with Gasteiger partial charge in [-0.05, 0) is 13.8 Å². The van der Waals surface area contributed by atoms with E-state index < -0.39 is 25.1 Å². The van der Waals surface area contributed by atoms with Gasteiger partial charge in [-0.3, -0.25) is 9.36 Å². The van der Waals surface area contributed by atoms with Gasteiger partial charge in [-0.1, -0.05) is 0 Å². The Hall–Kier alpha value is -0.380. The average molecular weight is 183 g/mol. The quantitative estimate of drug-likeness (QED) is 0.551. The van der Waals surface area contributed by atoms with Crippen LogP contribution in [0.1, 0.15) is 20.3 Å². The molecule has 0 fully saturated rings. The molecular weight excluding hydrogens is 171 g/mol. The maximum Gasteiger partial charge on any atom is 0.331 e. The van der Waals surface area contributed by atoms with Gasteiger partial charge in [0.1, 0.15) is 0 Å². The molecule has 0 aromatic carbocycles. The van der Waals surface area contributed by atoms with Gasteiger partial charge < -0.3 is 14.9 Å². The highest BCUT2D eigenvalue weighted by atomic mass is 31.2. The maximum absolute atomic E-state index is 10.7. The topological polar surface area (TPSA) is 94.8 Å². The molecule has 6 heteroatoms. The molecule has 0 atom stereocenters. The van der Waals surface area contributed by atoms with Crippen molar-refractivity contribution in [1.29, 1.82) is 1.43 Å². The average Bonchev–Trinajstić information content (AvgIpc) is 1.84. The molecule has 0 saturated carbocycles. The van der Waals surface area contributed by atoms with Crippen LogP contribution in [-0.2, 0) is 9.36 Å². The smallest absolute Gasteiger partial charge is 0.331 e. The third-order valence-corrected chi connectivity index (χ3v) is 3.10. The third kappa shape index (κ3) is 3.01. The van der Waals surface area contributed by atoms with E-state index in [1.165, 1.54) is 13.8 Å². The van der Waals surface area contributed by atoms with Gasteiger partial charge >= 0.3 is 13.6 Å². The number of carboxylic acid groups (broad SMARTS) is 1. The van der Waals surface area contributed by atoms with Gasteiger partial charge in [0.25, 0.3) is 1.43 Å². The minimum atomic E-state index is -4.32. The Balaban J connectivity index is 4.44. The summed E-state index contributed by atoms with van der Waals surface area (Å²) in [6, 6.07) is 0. The highest BCUT2D eigenvalue weighted by Crippen LogP contribution is 2.51. The number of carboxylic acids is 1. The minimum absolute atomic E-state index is 0.471. The number of hydrogen-bond donors (Lipinski definition) is 3. The highest BCUT2D eigenvalue weighted by molar-refractivity contribution is 7.53. The standard InChI is InChI=1S/C5H11O5P/c1-5(2,3-4(6)7)11(8,9)10/h3H2,1-2H3,(H,6,7)(H2,8,9,10)/i/hD. The molecule has 0 unspecified atom stereocenters. The van der Waals surface area contributed by atoms with Gasteiger partial charge in [0.15, 0.2) is 0 Å². The van der Waals surface area contributed by atoms with Crippen molar-refractivity contribution < 1.29 is 24.3 Å². The lowest BCUT2D eigenvalue weighted by molar-refractivity contribution is -0.137. The molecule has 11 heavy (non-hydrogen) atoms. The van der Waals surface area contributed by atoms with E-state index in [4.69, 9.17) is 11.2 Å². The summed E-state index contributed by atoms with van der Waals surface area (Å²) in [5.74, 6) is -0.955. The Bertz CT molecular complexity index is 220. The lowest BCUT2D eigenvalue weighted by Gasteiger charge is -2.23. The summed E-state index contributed by atoms with van der Waals surface area (Å²) in [6.45, 7) is 2.48. The van der Waals surface area contributed by atoms with Crippen LogP contribution in [0.5, 0.6) is 0 Å². The van der Waals surface area contributed by atoms with Gasteiger partial charge in [0.2, 0.25) is 0 Å². The summed E-state index contributed by atoms with van der Waals surface area (Å²) in [5, 5.41) is 2.08. The van der Waals surface area contributed by atoms with Crippen LogP contribution in [0.4, 0.5) is 0 Å². The van der Waals surface area contributed by atoms with Crippen LogP contribution < -0.4 is 0 Å². The van der Waals surface area contributed by atoms with Crippen molar-refractivity contribution in [2.75, 3.05) is 0 Å². The van der Waals surface area contributed by atoms with Crippen molar-refractivity contribution in [3.05, 3.63) is 0 Å². The molecule has 0 aromatic rings. The molecule has 0 bridgehead atoms. The molecule has 0 amide bonds. The van der Waals surface area contributed by atoms with Crippen LogP contribution in [0.3, 0.4) is 0 Å². The number of aliphatic carboxylic acids is 1. The summed E-state index contributed by atoms with van der Waals surface area (Å²) in [7, 11) is -4.32. The van der Waals surface area contributed by atoms with Gasteiger partial charge in [0.05, 0.1) is 11.6 Å². The summed E-state index contributed by atoms with van der Waals surface area (Å²) < 4.78 is 16.9. The predicted octanol–water partition coefficient (Wildman–Crippen LogP) is 0.417. The lowest BCUT2D eigenvalue weighted by atomic mass is 10.1. The first-order valence-corrected chi connectivity index (χ1v) is 4.53. The maximum atomic E-state index is 10.7. The molecule has 0 aliphatic rings. The molecule has 0 aliphatic carbocycles. The normalized spacial score (nSPS) is 14.0. The lowest BCUT2D eigenvalue weighted by Crippen LogP contribution is -2.23. The first kappa shape index (κ1) is 8.71. The summed E-state index contributed by atoms with van der Waals surface area (Å²) in [4.78, 5) is 28.0. The Morgan fingerprint density at radius 2 is 2.09 bits per heavy atom. The van der Waals surface area contributed by atoms with Gasteiger partial charge in [-0.2, -0.15) is 0 Å². The minimum Gasteiger partial charge on any atom is -0.481 e. The summed E-state index contributed by atoms with van der Waals surface area (Å²) >= 11 is 0. The van der Waals surface area contributed by atoms with E-state index >= 15 is 0 Å². The van der Waals surface area contributed by atoms with Gasteiger partial charge in [-0.15, -0.1) is 0 Å². The molecule has 0 saturated heterocycles. The fourth-order valence-electron chi connectivity index (χ4n) is 0.456. The Labute approximate surface area is 65.7 Å². The Morgan fingerprint density at radius 3 is 2.36 bits per heavy atom. The SMILES string of the molecule is [2H]OC(=O)CC(C)(C)P(=O)(O)O. The molecule has 0 rings (SSSR count). The molecule has 0 aromatic heterocycles. The molecule has 0 spiro atoms. The van der Waals surface area contributed by atoms with Crippen molar-refractivity contribution in [3.8, 4) is 0 Å². The fourth-order valence-corrected chi connectivity index (χ4v) is 0.791. The largest absolute Gasteiger partial charge is 0.481 e. The van der Waals surface area contributed by atoms with E-state index in [2.05, 4.69) is 5.11 Å². The molecule has 5 nitrogen and oxygen atoms in total. The van der Waals surface area contributed by atoms with Crippen LogP contribution in [0.2, 0.25) is 0 Å². The zero-order valence-electron chi connectivity index (χ0n) is 7.27. The van der Waals surface area contributed by atoms with E-state index in [1.807, 2.05) is 0 Å². The van der Waals surface area contributed by atoms with Crippen molar-refractivity contribution in [1.82, 2.24) is 0 Å². The summed E-state index contributed by atoms with van der Waals surface area (Å²) in [5.41, 5.74) is 0. The number of carbonyl (C=O) groups is 1. The first-order valence-electron chi connectivity index (χ1n) is 3.33. The van der Waals surface area contributed by atoms with Crippen molar-refractivity contribution in [2.45, 2.75) is 25.4 Å². The molecular formula is C5H11O5P. The van der Waals surface area contributed by atoms with E-state index in [1.54, 1.807) is 0 Å². The van der Waals surface area contributed by atoms with Crippen molar-refractivity contribution >= 4 is 13.6 Å². The van der Waals surface area contributed by atoms with E-state index in [0.717, 1.165) is 0 Å². The van der Waals surface area contributed by atoms with E-state index in [9.17, 15) is 9.36 Å². The van der Waals surface area contributed by atoms with Gasteiger partial charge in [0, 0.05) is 0 Å². The monoisotopic (exact) mass is 183 g/mol. The van der Waals surface area contributed by atoms with Crippen LogP contribution in [0, 0.1) is 0 Å². The van der Waals surface area contributed by atoms with Crippen LogP contribution in [-0.4, -0.2) is 26.0 Å². The summed E-state index contributed by atoms with van der Waals surface area (Å²) in [6.07, 6.45) is -0.471. The third-order valence-electron chi connectivity index (χ3n) is 1.37. The second-order valence-electron chi connectivity index (χ2n) is 2.91. The van der Waals surface area contributed by atoms with E-state index in [0.29, 0.717) is 0 Å².